The van der Waals surface area contributed by atoms with Crippen LogP contribution in [0, 0.1) is 52.3 Å². The van der Waals surface area contributed by atoms with E-state index in [2.05, 4.69) is 53.7 Å². The van der Waals surface area contributed by atoms with Crippen molar-refractivity contribution < 1.29 is 34.7 Å². The molecule has 0 bridgehead atoms. The van der Waals surface area contributed by atoms with Crippen molar-refractivity contribution in [3.05, 3.63) is 23.8 Å². The van der Waals surface area contributed by atoms with E-state index >= 15 is 0 Å². The molecule has 1 heterocycles. The maximum atomic E-state index is 13.9. The van der Waals surface area contributed by atoms with Gasteiger partial charge >= 0.3 is 0 Å². The number of ether oxygens (including phenoxy) is 2. The smallest absolute Gasteiger partial charge is 0.186 e. The molecular weight excluding hydrogens is 532 g/mol. The first-order valence-electron chi connectivity index (χ1n) is 16.7. The predicted octanol–water partition coefficient (Wildman–Crippen LogP) is 4.80. The Kier molecular flexibility index (Phi) is 9.51. The van der Waals surface area contributed by atoms with Crippen LogP contribution >= 0.6 is 0 Å². The van der Waals surface area contributed by atoms with Crippen molar-refractivity contribution in [1.82, 2.24) is 0 Å². The van der Waals surface area contributed by atoms with E-state index in [-0.39, 0.29) is 28.6 Å². The van der Waals surface area contributed by atoms with Gasteiger partial charge in [-0.2, -0.15) is 0 Å². The summed E-state index contributed by atoms with van der Waals surface area (Å²) >= 11 is 0. The fourth-order valence-corrected chi connectivity index (χ4v) is 10.0. The molecule has 1 aliphatic heterocycles. The van der Waals surface area contributed by atoms with Crippen LogP contribution in [0.1, 0.15) is 92.9 Å². The van der Waals surface area contributed by atoms with E-state index in [4.69, 9.17) is 9.47 Å². The summed E-state index contributed by atoms with van der Waals surface area (Å²) < 4.78 is 11.7. The van der Waals surface area contributed by atoms with Crippen LogP contribution in [0.2, 0.25) is 0 Å². The van der Waals surface area contributed by atoms with Gasteiger partial charge in [0.15, 0.2) is 12.1 Å². The molecule has 14 atom stereocenters. The van der Waals surface area contributed by atoms with Gasteiger partial charge < -0.3 is 29.9 Å². The van der Waals surface area contributed by atoms with Crippen molar-refractivity contribution in [3.8, 4) is 0 Å². The van der Waals surface area contributed by atoms with E-state index in [1.54, 1.807) is 0 Å². The molecule has 0 aromatic heterocycles. The minimum Gasteiger partial charge on any atom is -0.394 e. The largest absolute Gasteiger partial charge is 0.394 e. The zero-order chi connectivity index (χ0) is 30.6. The van der Waals surface area contributed by atoms with Crippen molar-refractivity contribution in [3.63, 3.8) is 0 Å². The van der Waals surface area contributed by atoms with Crippen molar-refractivity contribution in [2.75, 3.05) is 6.61 Å². The highest BCUT2D eigenvalue weighted by Gasteiger charge is 2.61. The lowest BCUT2D eigenvalue weighted by Gasteiger charge is -2.57. The number of hydrogen-bond donors (Lipinski definition) is 4. The van der Waals surface area contributed by atoms with E-state index in [9.17, 15) is 25.2 Å². The first kappa shape index (κ1) is 32.3. The average Bonchev–Trinajstić information content (AvgIpc) is 3.31. The van der Waals surface area contributed by atoms with Gasteiger partial charge in [-0.25, -0.2) is 0 Å². The molecule has 0 radical (unpaired) electrons. The summed E-state index contributed by atoms with van der Waals surface area (Å²) in [4.78, 5) is 13.9. The molecule has 42 heavy (non-hydrogen) atoms. The van der Waals surface area contributed by atoms with Crippen molar-refractivity contribution in [2.24, 2.45) is 52.3 Å². The van der Waals surface area contributed by atoms with Gasteiger partial charge in [0, 0.05) is 5.92 Å². The number of allylic oxidation sites excluding steroid dienone is 3. The maximum absolute atomic E-state index is 13.9. The van der Waals surface area contributed by atoms with Crippen molar-refractivity contribution in [1.29, 1.82) is 0 Å². The highest BCUT2D eigenvalue weighted by Crippen LogP contribution is 2.66. The van der Waals surface area contributed by atoms with E-state index in [1.165, 1.54) is 19.3 Å². The van der Waals surface area contributed by atoms with E-state index in [0.717, 1.165) is 31.3 Å². The Labute approximate surface area is 252 Å². The number of rotatable bonds is 8. The third kappa shape index (κ3) is 5.49. The van der Waals surface area contributed by atoms with Crippen LogP contribution in [-0.2, 0) is 14.3 Å². The molecule has 5 rings (SSSR count). The summed E-state index contributed by atoms with van der Waals surface area (Å²) in [5, 5.41) is 40.3. The molecule has 14 unspecified atom stereocenters. The van der Waals surface area contributed by atoms with E-state index in [1.807, 2.05) is 6.08 Å². The molecule has 5 aliphatic rings. The van der Waals surface area contributed by atoms with Gasteiger partial charge in [-0.1, -0.05) is 59.3 Å². The van der Waals surface area contributed by atoms with Gasteiger partial charge in [-0.05, 0) is 104 Å². The number of carbonyl (C=O) groups is 1. The minimum atomic E-state index is -1.46. The lowest BCUT2D eigenvalue weighted by atomic mass is 9.46. The molecule has 7 heteroatoms. The summed E-state index contributed by atoms with van der Waals surface area (Å²) in [7, 11) is 0. The Morgan fingerprint density at radius 2 is 1.74 bits per heavy atom. The SMILES string of the molecule is CCC(C=CC(C)C1CCC2C3C(=O)C=C4CC(OC5OC(CO)C(O)C(O)C5O)CCC4(C)C3CCC12C)C(C)C. The van der Waals surface area contributed by atoms with Gasteiger partial charge in [-0.3, -0.25) is 4.79 Å². The number of hydrogen-bond acceptors (Lipinski definition) is 7. The highest BCUT2D eigenvalue weighted by atomic mass is 16.7. The van der Waals surface area contributed by atoms with Crippen molar-refractivity contribution in [2.45, 2.75) is 130 Å². The fraction of sp³-hybridized carbons (Fsp3) is 0.857. The monoisotopic (exact) mass is 588 g/mol. The maximum Gasteiger partial charge on any atom is 0.186 e. The van der Waals surface area contributed by atoms with Crippen LogP contribution in [0.25, 0.3) is 0 Å². The Bertz CT molecular complexity index is 1040. The summed E-state index contributed by atoms with van der Waals surface area (Å²) in [6.45, 7) is 13.6. The van der Waals surface area contributed by atoms with Gasteiger partial charge in [0.1, 0.15) is 24.4 Å². The second-order valence-corrected chi connectivity index (χ2v) is 15.2. The zero-order valence-electron chi connectivity index (χ0n) is 26.6. The molecule has 0 aromatic carbocycles. The average molecular weight is 589 g/mol. The number of carbonyl (C=O) groups excluding carboxylic acids is 1. The Morgan fingerprint density at radius 1 is 1.00 bits per heavy atom. The molecule has 7 nitrogen and oxygen atoms in total. The van der Waals surface area contributed by atoms with Gasteiger partial charge in [0.25, 0.3) is 0 Å². The van der Waals surface area contributed by atoms with Crippen molar-refractivity contribution >= 4 is 5.78 Å². The molecular formula is C35H56O7. The molecule has 4 N–H and O–H groups in total. The zero-order valence-corrected chi connectivity index (χ0v) is 26.6. The topological polar surface area (TPSA) is 116 Å². The number of aliphatic hydroxyl groups excluding tert-OH is 4. The quantitative estimate of drug-likeness (QED) is 0.301. The lowest BCUT2D eigenvalue weighted by Crippen LogP contribution is -2.60. The van der Waals surface area contributed by atoms with Crippen LogP contribution in [0.3, 0.4) is 0 Å². The normalized spacial score (nSPS) is 47.1. The first-order chi connectivity index (χ1) is 19.8. The predicted molar refractivity (Wildman–Crippen MR) is 161 cm³/mol. The third-order valence-corrected chi connectivity index (χ3v) is 12.8. The molecule has 1 saturated heterocycles. The summed E-state index contributed by atoms with van der Waals surface area (Å²) in [6, 6.07) is 0. The standard InChI is InChI=1S/C35H56O7/c1-7-21(19(2)3)9-8-20(4)24-10-11-25-29-26(13-15-35(24,25)6)34(5)14-12-23(16-22(34)17-27(29)37)41-33-32(40)31(39)30(38)28(18-36)42-33/h8-9,17,19-21,23-26,28-33,36,38-40H,7,10-16,18H2,1-6H3. The molecule has 3 saturated carbocycles. The lowest BCUT2D eigenvalue weighted by molar-refractivity contribution is -0.313. The summed E-state index contributed by atoms with van der Waals surface area (Å²) in [5.74, 6) is 3.53. The van der Waals surface area contributed by atoms with Gasteiger partial charge in [-0.15, -0.1) is 0 Å². The first-order valence-corrected chi connectivity index (χ1v) is 16.7. The van der Waals surface area contributed by atoms with Crippen LogP contribution in [0.4, 0.5) is 0 Å². The second-order valence-electron chi connectivity index (χ2n) is 15.2. The molecule has 4 fully saturated rings. The minimum absolute atomic E-state index is 0.0512. The Balaban J connectivity index is 1.30. The van der Waals surface area contributed by atoms with Crippen LogP contribution in [-0.4, -0.2) is 69.6 Å². The van der Waals surface area contributed by atoms with Gasteiger partial charge in [0.05, 0.1) is 12.7 Å². The second kappa shape index (κ2) is 12.4. The molecule has 0 amide bonds. The Morgan fingerprint density at radius 3 is 2.40 bits per heavy atom. The number of ketones is 1. The van der Waals surface area contributed by atoms with Crippen LogP contribution in [0.5, 0.6) is 0 Å². The van der Waals surface area contributed by atoms with Crippen LogP contribution < -0.4 is 0 Å². The van der Waals surface area contributed by atoms with E-state index < -0.39 is 37.3 Å². The molecule has 0 spiro atoms. The number of aliphatic hydroxyl groups is 4. The third-order valence-electron chi connectivity index (χ3n) is 12.8. The fourth-order valence-electron chi connectivity index (χ4n) is 10.0. The van der Waals surface area contributed by atoms with E-state index in [0.29, 0.717) is 41.9 Å². The number of fused-ring (bicyclic) bond motifs is 5. The summed E-state index contributed by atoms with van der Waals surface area (Å²) in [5.41, 5.74) is 1.28. The Hall–Kier alpha value is -1.09. The van der Waals surface area contributed by atoms with Gasteiger partial charge in [0.2, 0.25) is 0 Å². The highest BCUT2D eigenvalue weighted by molar-refractivity contribution is 5.94. The molecule has 238 valence electrons. The molecule has 0 aromatic rings. The summed E-state index contributed by atoms with van der Waals surface area (Å²) in [6.07, 6.45) is 8.19. The van der Waals surface area contributed by atoms with Crippen LogP contribution in [0.15, 0.2) is 23.8 Å². The molecule has 4 aliphatic carbocycles.